The molecule has 1 aliphatic rings. The zero-order chi connectivity index (χ0) is 13.5. The van der Waals surface area contributed by atoms with Crippen molar-refractivity contribution < 1.29 is 0 Å². The van der Waals surface area contributed by atoms with Gasteiger partial charge in [0.1, 0.15) is 5.82 Å². The highest BCUT2D eigenvalue weighted by atomic mass is 79.9. The zero-order valence-corrected chi connectivity index (χ0v) is 13.0. The van der Waals surface area contributed by atoms with Crippen LogP contribution < -0.4 is 5.32 Å². The number of benzene rings is 1. The Kier molecular flexibility index (Phi) is 2.89. The first kappa shape index (κ1) is 12.2. The van der Waals surface area contributed by atoms with Crippen LogP contribution in [0.25, 0.3) is 16.9 Å². The minimum absolute atomic E-state index is 0.981. The Morgan fingerprint density at radius 3 is 2.95 bits per heavy atom. The minimum Gasteiger partial charge on any atom is -0.369 e. The number of thiophene rings is 1. The van der Waals surface area contributed by atoms with E-state index in [1.165, 1.54) is 11.1 Å². The number of para-hydroxylation sites is 1. The molecule has 0 saturated carbocycles. The van der Waals surface area contributed by atoms with E-state index in [9.17, 15) is 0 Å². The standard InChI is InChI=1S/C15H12BrN3S/c16-12-3-1-2-4-13(12)19-15-11(5-7-17-15)14(18-19)10-6-8-20-9-10/h1-4,6,8-9,17H,5,7H2. The van der Waals surface area contributed by atoms with E-state index in [-0.39, 0.29) is 0 Å². The molecular weight excluding hydrogens is 334 g/mol. The van der Waals surface area contributed by atoms with Gasteiger partial charge in [-0.05, 0) is 45.9 Å². The highest BCUT2D eigenvalue weighted by molar-refractivity contribution is 9.10. The first-order chi connectivity index (χ1) is 9.84. The highest BCUT2D eigenvalue weighted by Gasteiger charge is 2.24. The van der Waals surface area contributed by atoms with E-state index in [4.69, 9.17) is 5.10 Å². The maximum absolute atomic E-state index is 4.84. The SMILES string of the molecule is Brc1ccccc1-n1nc(-c2ccsc2)c2c1NCC2. The number of halogens is 1. The lowest BCUT2D eigenvalue weighted by atomic mass is 10.1. The van der Waals surface area contributed by atoms with Crippen LogP contribution in [0, 0.1) is 0 Å². The summed E-state index contributed by atoms with van der Waals surface area (Å²) < 4.78 is 3.07. The van der Waals surface area contributed by atoms with E-state index in [2.05, 4.69) is 44.1 Å². The summed E-state index contributed by atoms with van der Waals surface area (Å²) in [5.74, 6) is 1.12. The molecule has 3 heterocycles. The molecule has 0 amide bonds. The molecule has 0 aliphatic carbocycles. The van der Waals surface area contributed by atoms with E-state index < -0.39 is 0 Å². The van der Waals surface area contributed by atoms with E-state index in [1.807, 2.05) is 22.9 Å². The molecule has 0 atom stereocenters. The fourth-order valence-electron chi connectivity index (χ4n) is 2.60. The fraction of sp³-hybridized carbons (Fsp3) is 0.133. The van der Waals surface area contributed by atoms with Crippen LogP contribution in [0.2, 0.25) is 0 Å². The lowest BCUT2D eigenvalue weighted by Crippen LogP contribution is -2.04. The second-order valence-corrected chi connectivity index (χ2v) is 6.36. The molecule has 3 aromatic rings. The molecule has 1 aromatic carbocycles. The monoisotopic (exact) mass is 345 g/mol. The molecule has 1 aliphatic heterocycles. The second-order valence-electron chi connectivity index (χ2n) is 4.73. The zero-order valence-electron chi connectivity index (χ0n) is 10.6. The van der Waals surface area contributed by atoms with Gasteiger partial charge in [0, 0.05) is 27.5 Å². The first-order valence-electron chi connectivity index (χ1n) is 6.48. The summed E-state index contributed by atoms with van der Waals surface area (Å²) >= 11 is 5.32. The van der Waals surface area contributed by atoms with Gasteiger partial charge in [-0.3, -0.25) is 0 Å². The Morgan fingerprint density at radius 1 is 1.25 bits per heavy atom. The molecule has 4 rings (SSSR count). The van der Waals surface area contributed by atoms with Crippen LogP contribution >= 0.6 is 27.3 Å². The van der Waals surface area contributed by atoms with Crippen LogP contribution in [0.4, 0.5) is 5.82 Å². The van der Waals surface area contributed by atoms with Crippen molar-refractivity contribution in [1.82, 2.24) is 9.78 Å². The molecule has 0 saturated heterocycles. The summed E-state index contributed by atoms with van der Waals surface area (Å²) in [6.45, 7) is 0.981. The lowest BCUT2D eigenvalue weighted by Gasteiger charge is -2.08. The number of hydrogen-bond donors (Lipinski definition) is 1. The van der Waals surface area contributed by atoms with Gasteiger partial charge in [0.05, 0.1) is 11.4 Å². The van der Waals surface area contributed by atoms with Gasteiger partial charge < -0.3 is 5.32 Å². The average molecular weight is 346 g/mol. The molecule has 20 heavy (non-hydrogen) atoms. The molecule has 0 unspecified atom stereocenters. The van der Waals surface area contributed by atoms with Crippen LogP contribution in [0.15, 0.2) is 45.6 Å². The number of hydrogen-bond acceptors (Lipinski definition) is 3. The van der Waals surface area contributed by atoms with Crippen molar-refractivity contribution in [3.63, 3.8) is 0 Å². The van der Waals surface area contributed by atoms with E-state index in [1.54, 1.807) is 11.3 Å². The number of nitrogens with one attached hydrogen (secondary N) is 1. The second kappa shape index (κ2) is 4.75. The van der Waals surface area contributed by atoms with Gasteiger partial charge in [-0.2, -0.15) is 16.4 Å². The van der Waals surface area contributed by atoms with Gasteiger partial charge in [-0.25, -0.2) is 4.68 Å². The van der Waals surface area contributed by atoms with Crippen molar-refractivity contribution in [2.24, 2.45) is 0 Å². The Bertz CT molecular complexity index is 762. The molecule has 0 bridgehead atoms. The van der Waals surface area contributed by atoms with E-state index in [0.29, 0.717) is 0 Å². The van der Waals surface area contributed by atoms with Crippen LogP contribution in [0.5, 0.6) is 0 Å². The Labute approximate surface area is 129 Å². The lowest BCUT2D eigenvalue weighted by molar-refractivity contribution is 0.879. The number of fused-ring (bicyclic) bond motifs is 1. The Balaban J connectivity index is 1.94. The van der Waals surface area contributed by atoms with Gasteiger partial charge in [0.2, 0.25) is 0 Å². The number of aromatic nitrogens is 2. The maximum Gasteiger partial charge on any atom is 0.133 e. The summed E-state index contributed by atoms with van der Waals surface area (Å²) in [6, 6.07) is 10.3. The van der Waals surface area contributed by atoms with Crippen molar-refractivity contribution in [3.8, 4) is 16.9 Å². The first-order valence-corrected chi connectivity index (χ1v) is 8.21. The largest absolute Gasteiger partial charge is 0.369 e. The quantitative estimate of drug-likeness (QED) is 0.748. The van der Waals surface area contributed by atoms with Gasteiger partial charge in [0.15, 0.2) is 0 Å². The van der Waals surface area contributed by atoms with Gasteiger partial charge in [0.25, 0.3) is 0 Å². The Morgan fingerprint density at radius 2 is 2.15 bits per heavy atom. The van der Waals surface area contributed by atoms with Crippen molar-refractivity contribution >= 4 is 33.1 Å². The predicted molar refractivity (Wildman–Crippen MR) is 86.8 cm³/mol. The number of rotatable bonds is 2. The molecule has 2 aromatic heterocycles. The molecule has 5 heteroatoms. The summed E-state index contributed by atoms with van der Waals surface area (Å²) in [7, 11) is 0. The summed E-state index contributed by atoms with van der Waals surface area (Å²) in [5, 5.41) is 12.6. The van der Waals surface area contributed by atoms with Crippen molar-refractivity contribution in [1.29, 1.82) is 0 Å². The normalized spacial score (nSPS) is 13.2. The third-order valence-electron chi connectivity index (χ3n) is 3.53. The fourth-order valence-corrected chi connectivity index (χ4v) is 3.70. The predicted octanol–water partition coefficient (Wildman–Crippen LogP) is 4.33. The van der Waals surface area contributed by atoms with Crippen molar-refractivity contribution in [3.05, 3.63) is 51.1 Å². The van der Waals surface area contributed by atoms with Crippen LogP contribution in [-0.2, 0) is 6.42 Å². The van der Waals surface area contributed by atoms with E-state index in [0.717, 1.165) is 34.6 Å². The molecule has 0 fully saturated rings. The molecule has 100 valence electrons. The minimum atomic E-state index is 0.981. The molecule has 3 nitrogen and oxygen atoms in total. The smallest absolute Gasteiger partial charge is 0.133 e. The van der Waals surface area contributed by atoms with Gasteiger partial charge in [-0.1, -0.05) is 12.1 Å². The third-order valence-corrected chi connectivity index (χ3v) is 4.88. The van der Waals surface area contributed by atoms with Crippen LogP contribution in [0.3, 0.4) is 0 Å². The van der Waals surface area contributed by atoms with Gasteiger partial charge in [-0.15, -0.1) is 0 Å². The number of anilines is 1. The van der Waals surface area contributed by atoms with Crippen molar-refractivity contribution in [2.75, 3.05) is 11.9 Å². The maximum atomic E-state index is 4.84. The van der Waals surface area contributed by atoms with Gasteiger partial charge >= 0.3 is 0 Å². The summed E-state index contributed by atoms with van der Waals surface area (Å²) in [6.07, 6.45) is 1.03. The van der Waals surface area contributed by atoms with Crippen molar-refractivity contribution in [2.45, 2.75) is 6.42 Å². The summed E-state index contributed by atoms with van der Waals surface area (Å²) in [4.78, 5) is 0. The topological polar surface area (TPSA) is 29.9 Å². The molecule has 1 N–H and O–H groups in total. The average Bonchev–Trinajstić information content (AvgIpc) is 3.16. The third kappa shape index (κ3) is 1.81. The van der Waals surface area contributed by atoms with Crippen LogP contribution in [0.1, 0.15) is 5.56 Å². The molecular formula is C15H12BrN3S. The van der Waals surface area contributed by atoms with Crippen LogP contribution in [-0.4, -0.2) is 16.3 Å². The number of nitrogens with zero attached hydrogens (tertiary/aromatic N) is 2. The highest BCUT2D eigenvalue weighted by Crippen LogP contribution is 2.36. The van der Waals surface area contributed by atoms with E-state index >= 15 is 0 Å². The summed E-state index contributed by atoms with van der Waals surface area (Å²) in [5.41, 5.74) is 4.70. The molecule has 0 spiro atoms. The molecule has 0 radical (unpaired) electrons. The Hall–Kier alpha value is -1.59.